The molecule has 0 saturated heterocycles. The van der Waals surface area contributed by atoms with Gasteiger partial charge in [0.1, 0.15) is 0 Å². The smallest absolute Gasteiger partial charge is 0.175 e. The van der Waals surface area contributed by atoms with Crippen LogP contribution in [0, 0.1) is 0 Å². The number of H-pyrrole nitrogens is 1. The Morgan fingerprint density at radius 1 is 1.22 bits per heavy atom. The second kappa shape index (κ2) is 8.80. The molecule has 0 radical (unpaired) electrons. The van der Waals surface area contributed by atoms with E-state index in [9.17, 15) is 0 Å². The van der Waals surface area contributed by atoms with Gasteiger partial charge in [-0.1, -0.05) is 26.2 Å². The van der Waals surface area contributed by atoms with Gasteiger partial charge in [-0.25, -0.2) is 9.97 Å². The van der Waals surface area contributed by atoms with Crippen molar-refractivity contribution in [2.45, 2.75) is 32.6 Å². The third-order valence-corrected chi connectivity index (χ3v) is 2.86. The molecular formula is C13H22N4S. The first-order valence-corrected chi connectivity index (χ1v) is 7.00. The zero-order valence-corrected chi connectivity index (χ0v) is 12.0. The van der Waals surface area contributed by atoms with Crippen molar-refractivity contribution in [1.29, 1.82) is 0 Å². The molecule has 0 spiro atoms. The van der Waals surface area contributed by atoms with Crippen molar-refractivity contribution in [1.82, 2.24) is 19.5 Å². The standard InChI is InChI=1S/C7H8N4.C6H14S/c1-11-5-4-10-7(11)6-8-2-3-9-6;1-2-3-4-5-6-7/h2-5H,1H3,(H,8,9);7H,2-6H2,1H3. The number of nitrogens with zero attached hydrogens (tertiary/aromatic N) is 3. The maximum absolute atomic E-state index is 4.13. The van der Waals surface area contributed by atoms with E-state index in [1.54, 1.807) is 18.6 Å². The van der Waals surface area contributed by atoms with Gasteiger partial charge in [-0.05, 0) is 12.2 Å². The summed E-state index contributed by atoms with van der Waals surface area (Å²) in [7, 11) is 1.94. The fourth-order valence-corrected chi connectivity index (χ4v) is 1.74. The summed E-state index contributed by atoms with van der Waals surface area (Å²) < 4.78 is 1.92. The summed E-state index contributed by atoms with van der Waals surface area (Å²) in [6, 6.07) is 0. The number of thiol groups is 1. The lowest BCUT2D eigenvalue weighted by molar-refractivity contribution is 0.707. The van der Waals surface area contributed by atoms with Gasteiger partial charge in [0.2, 0.25) is 0 Å². The van der Waals surface area contributed by atoms with Gasteiger partial charge in [0.05, 0.1) is 0 Å². The van der Waals surface area contributed by atoms with E-state index in [2.05, 4.69) is 34.5 Å². The molecule has 0 fully saturated rings. The van der Waals surface area contributed by atoms with Gasteiger partial charge in [0, 0.05) is 31.8 Å². The molecule has 0 aliphatic rings. The van der Waals surface area contributed by atoms with Crippen LogP contribution >= 0.6 is 12.6 Å². The molecule has 100 valence electrons. The normalized spacial score (nSPS) is 9.94. The Bertz CT molecular complexity index is 404. The molecule has 18 heavy (non-hydrogen) atoms. The quantitative estimate of drug-likeness (QED) is 0.644. The molecule has 0 atom stereocenters. The first-order valence-electron chi connectivity index (χ1n) is 6.37. The summed E-state index contributed by atoms with van der Waals surface area (Å²) in [6.45, 7) is 2.22. The number of rotatable bonds is 5. The predicted octanol–water partition coefficient (Wildman–Crippen LogP) is 3.31. The van der Waals surface area contributed by atoms with E-state index >= 15 is 0 Å². The number of aromatic nitrogens is 4. The monoisotopic (exact) mass is 266 g/mol. The van der Waals surface area contributed by atoms with E-state index in [0.717, 1.165) is 17.4 Å². The molecule has 2 aromatic heterocycles. The second-order valence-electron chi connectivity index (χ2n) is 4.08. The van der Waals surface area contributed by atoms with Gasteiger partial charge in [-0.2, -0.15) is 12.6 Å². The number of hydrogen-bond donors (Lipinski definition) is 2. The number of nitrogens with one attached hydrogen (secondary N) is 1. The van der Waals surface area contributed by atoms with Crippen LogP contribution in [0.5, 0.6) is 0 Å². The average molecular weight is 266 g/mol. The number of imidazole rings is 2. The van der Waals surface area contributed by atoms with Crippen molar-refractivity contribution in [3.63, 3.8) is 0 Å². The SMILES string of the molecule is CCCCCCS.Cn1ccnc1-c1ncc[nH]1. The molecule has 0 saturated carbocycles. The van der Waals surface area contributed by atoms with Crippen LogP contribution in [-0.4, -0.2) is 25.3 Å². The highest BCUT2D eigenvalue weighted by atomic mass is 32.1. The van der Waals surface area contributed by atoms with Crippen LogP contribution in [0.3, 0.4) is 0 Å². The number of hydrogen-bond acceptors (Lipinski definition) is 3. The topological polar surface area (TPSA) is 46.5 Å². The molecule has 4 nitrogen and oxygen atoms in total. The largest absolute Gasteiger partial charge is 0.342 e. The average Bonchev–Trinajstić information content (AvgIpc) is 3.01. The molecule has 5 heteroatoms. The zero-order chi connectivity index (χ0) is 13.2. The Kier molecular flexibility index (Phi) is 7.25. The molecule has 0 aliphatic carbocycles. The van der Waals surface area contributed by atoms with Gasteiger partial charge < -0.3 is 9.55 Å². The number of unbranched alkanes of at least 4 members (excludes halogenated alkanes) is 3. The molecule has 0 amide bonds. The van der Waals surface area contributed by atoms with Crippen LogP contribution < -0.4 is 0 Å². The van der Waals surface area contributed by atoms with Crippen molar-refractivity contribution in [3.8, 4) is 11.6 Å². The Balaban J connectivity index is 0.000000203. The summed E-state index contributed by atoms with van der Waals surface area (Å²) in [4.78, 5) is 11.2. The van der Waals surface area contributed by atoms with E-state index in [1.165, 1.54) is 25.7 Å². The van der Waals surface area contributed by atoms with Crippen molar-refractivity contribution in [2.24, 2.45) is 7.05 Å². The maximum Gasteiger partial charge on any atom is 0.175 e. The van der Waals surface area contributed by atoms with Crippen LogP contribution in [0.2, 0.25) is 0 Å². The summed E-state index contributed by atoms with van der Waals surface area (Å²) in [5, 5.41) is 0. The van der Waals surface area contributed by atoms with Gasteiger partial charge in [-0.3, -0.25) is 0 Å². The highest BCUT2D eigenvalue weighted by molar-refractivity contribution is 7.80. The van der Waals surface area contributed by atoms with E-state index in [0.29, 0.717) is 0 Å². The van der Waals surface area contributed by atoms with E-state index in [-0.39, 0.29) is 0 Å². The zero-order valence-electron chi connectivity index (χ0n) is 11.1. The van der Waals surface area contributed by atoms with E-state index in [1.807, 2.05) is 17.8 Å². The third kappa shape index (κ3) is 4.96. The Labute approximate surface area is 114 Å². The molecular weight excluding hydrogens is 244 g/mol. The van der Waals surface area contributed by atoms with Crippen molar-refractivity contribution in [3.05, 3.63) is 24.8 Å². The van der Waals surface area contributed by atoms with Crippen LogP contribution in [-0.2, 0) is 7.05 Å². The molecule has 2 rings (SSSR count). The Morgan fingerprint density at radius 3 is 2.56 bits per heavy atom. The van der Waals surface area contributed by atoms with Gasteiger partial charge >= 0.3 is 0 Å². The molecule has 0 aliphatic heterocycles. The lowest BCUT2D eigenvalue weighted by Gasteiger charge is -1.94. The molecule has 1 N–H and O–H groups in total. The predicted molar refractivity (Wildman–Crippen MR) is 78.8 cm³/mol. The lowest BCUT2D eigenvalue weighted by Crippen LogP contribution is -1.92. The van der Waals surface area contributed by atoms with Gasteiger partial charge in [-0.15, -0.1) is 0 Å². The second-order valence-corrected chi connectivity index (χ2v) is 4.53. The Morgan fingerprint density at radius 2 is 2.06 bits per heavy atom. The summed E-state index contributed by atoms with van der Waals surface area (Å²) >= 11 is 4.09. The van der Waals surface area contributed by atoms with Crippen molar-refractivity contribution in [2.75, 3.05) is 5.75 Å². The summed E-state index contributed by atoms with van der Waals surface area (Å²) in [6.07, 6.45) is 12.5. The van der Waals surface area contributed by atoms with Crippen molar-refractivity contribution < 1.29 is 0 Å². The van der Waals surface area contributed by atoms with E-state index in [4.69, 9.17) is 0 Å². The minimum atomic E-state index is 0.803. The number of aromatic amines is 1. The van der Waals surface area contributed by atoms with Crippen molar-refractivity contribution >= 4 is 12.6 Å². The van der Waals surface area contributed by atoms with Crippen LogP contribution in [0.15, 0.2) is 24.8 Å². The Hall–Kier alpha value is -1.23. The fourth-order valence-electron chi connectivity index (χ4n) is 1.52. The molecule has 2 aromatic rings. The highest BCUT2D eigenvalue weighted by Gasteiger charge is 2.02. The summed E-state index contributed by atoms with van der Waals surface area (Å²) in [5.74, 6) is 2.72. The molecule has 0 bridgehead atoms. The highest BCUT2D eigenvalue weighted by Crippen LogP contribution is 2.08. The first kappa shape index (κ1) is 14.8. The van der Waals surface area contributed by atoms with Gasteiger partial charge in [0.15, 0.2) is 11.6 Å². The minimum absolute atomic E-state index is 0.803. The number of aryl methyl sites for hydroxylation is 1. The fraction of sp³-hybridized carbons (Fsp3) is 0.538. The molecule has 0 unspecified atom stereocenters. The van der Waals surface area contributed by atoms with Crippen LogP contribution in [0.1, 0.15) is 32.6 Å². The molecule has 0 aromatic carbocycles. The minimum Gasteiger partial charge on any atom is -0.342 e. The summed E-state index contributed by atoms with van der Waals surface area (Å²) in [5.41, 5.74) is 0. The van der Waals surface area contributed by atoms with Gasteiger partial charge in [0.25, 0.3) is 0 Å². The third-order valence-electron chi connectivity index (χ3n) is 2.54. The molecule has 2 heterocycles. The maximum atomic E-state index is 4.13. The van der Waals surface area contributed by atoms with Crippen LogP contribution in [0.25, 0.3) is 11.6 Å². The first-order chi connectivity index (χ1) is 8.79. The van der Waals surface area contributed by atoms with E-state index < -0.39 is 0 Å². The lowest BCUT2D eigenvalue weighted by atomic mass is 10.2. The van der Waals surface area contributed by atoms with Crippen LogP contribution in [0.4, 0.5) is 0 Å².